The fourth-order valence-electron chi connectivity index (χ4n) is 3.89. The van der Waals surface area contributed by atoms with E-state index < -0.39 is 22.9 Å². The molecule has 2 heterocycles. The number of pyridine rings is 1. The van der Waals surface area contributed by atoms with Gasteiger partial charge in [-0.05, 0) is 24.3 Å². The van der Waals surface area contributed by atoms with Crippen LogP contribution in [0.15, 0.2) is 39.9 Å². The lowest BCUT2D eigenvalue weighted by atomic mass is 9.75. The monoisotopic (exact) mass is 452 g/mol. The number of anilines is 1. The Hall–Kier alpha value is -3.75. The predicted octanol–water partition coefficient (Wildman–Crippen LogP) is 3.36. The smallest absolute Gasteiger partial charge is 0.352 e. The van der Waals surface area contributed by atoms with E-state index in [0.29, 0.717) is 6.42 Å². The molecule has 0 radical (unpaired) electrons. The first-order valence-corrected chi connectivity index (χ1v) is 10.9. The van der Waals surface area contributed by atoms with Crippen molar-refractivity contribution in [1.82, 2.24) is 15.0 Å². The standard InChI is InChI=1S/C19H24N2O.C5H4N2O4/c1-4-5-10-20-18-13-8-6-7-9-14(13)21-15-11-19(2,3)12-16(22)17(15)18;8-3-1-2(4(9)10)6-5(11)7-3/h6-9H,4-5,10-12H2,1-3H3,(H,20,21);1H,(H,9,10)(H2,6,7,8,11). The number of carbonyl (C=O) groups is 2. The minimum atomic E-state index is -1.34. The topological polar surface area (TPSA) is 145 Å². The van der Waals surface area contributed by atoms with E-state index in [-0.39, 0.29) is 11.2 Å². The average molecular weight is 453 g/mol. The molecule has 174 valence electrons. The van der Waals surface area contributed by atoms with Gasteiger partial charge in [0, 0.05) is 24.4 Å². The lowest BCUT2D eigenvalue weighted by Gasteiger charge is -2.31. The summed E-state index contributed by atoms with van der Waals surface area (Å²) in [4.78, 5) is 52.4. The van der Waals surface area contributed by atoms with Gasteiger partial charge in [-0.3, -0.25) is 19.6 Å². The van der Waals surface area contributed by atoms with Crippen LogP contribution in [0, 0.1) is 5.41 Å². The molecule has 33 heavy (non-hydrogen) atoms. The van der Waals surface area contributed by atoms with E-state index in [2.05, 4.69) is 32.2 Å². The third-order valence-corrected chi connectivity index (χ3v) is 5.35. The minimum absolute atomic E-state index is 0.000227. The van der Waals surface area contributed by atoms with Crippen LogP contribution in [0.2, 0.25) is 0 Å². The Morgan fingerprint density at radius 2 is 1.88 bits per heavy atom. The van der Waals surface area contributed by atoms with Crippen molar-refractivity contribution in [2.24, 2.45) is 5.41 Å². The maximum absolute atomic E-state index is 12.7. The van der Waals surface area contributed by atoms with Crippen LogP contribution < -0.4 is 16.6 Å². The van der Waals surface area contributed by atoms with Gasteiger partial charge < -0.3 is 15.4 Å². The van der Waals surface area contributed by atoms with Crippen molar-refractivity contribution >= 4 is 28.3 Å². The summed E-state index contributed by atoms with van der Waals surface area (Å²) < 4.78 is 0. The summed E-state index contributed by atoms with van der Waals surface area (Å²) in [6.07, 6.45) is 3.70. The van der Waals surface area contributed by atoms with Crippen LogP contribution in [0.25, 0.3) is 10.9 Å². The van der Waals surface area contributed by atoms with Crippen molar-refractivity contribution in [1.29, 1.82) is 0 Å². The largest absolute Gasteiger partial charge is 0.477 e. The first-order chi connectivity index (χ1) is 15.6. The zero-order chi connectivity index (χ0) is 24.2. The van der Waals surface area contributed by atoms with E-state index >= 15 is 0 Å². The van der Waals surface area contributed by atoms with Gasteiger partial charge in [0.2, 0.25) is 0 Å². The van der Waals surface area contributed by atoms with Gasteiger partial charge in [0.25, 0.3) is 5.56 Å². The van der Waals surface area contributed by atoms with Crippen LogP contribution in [0.4, 0.5) is 5.69 Å². The molecule has 1 aromatic carbocycles. The molecule has 9 nitrogen and oxygen atoms in total. The number of H-pyrrole nitrogens is 2. The van der Waals surface area contributed by atoms with E-state index in [4.69, 9.17) is 10.1 Å². The second-order valence-corrected chi connectivity index (χ2v) is 8.85. The SMILES string of the molecule is CCCCNc1c2c(nc3ccccc13)CC(C)(C)CC2=O.O=C(O)c1cc(=O)[nH]c(=O)[nH]1. The lowest BCUT2D eigenvalue weighted by Crippen LogP contribution is -2.29. The molecule has 2 aromatic heterocycles. The molecule has 0 atom stereocenters. The number of para-hydroxylation sites is 1. The number of Topliss-reactive ketones (excluding diaryl/α,β-unsaturated/α-hetero) is 1. The number of fused-ring (bicyclic) bond motifs is 2. The third kappa shape index (κ3) is 5.74. The summed E-state index contributed by atoms with van der Waals surface area (Å²) >= 11 is 0. The molecule has 0 saturated heterocycles. The molecule has 0 amide bonds. The number of carboxylic acid groups (broad SMARTS) is 1. The Kier molecular flexibility index (Phi) is 7.10. The van der Waals surface area contributed by atoms with Gasteiger partial charge in [-0.1, -0.05) is 45.4 Å². The number of aromatic carboxylic acids is 1. The summed E-state index contributed by atoms with van der Waals surface area (Å²) in [7, 11) is 0. The number of aromatic nitrogens is 3. The third-order valence-electron chi connectivity index (χ3n) is 5.35. The second kappa shape index (κ2) is 9.81. The average Bonchev–Trinajstić information content (AvgIpc) is 2.72. The highest BCUT2D eigenvalue weighted by Crippen LogP contribution is 2.39. The van der Waals surface area contributed by atoms with E-state index in [1.54, 1.807) is 0 Å². The van der Waals surface area contributed by atoms with Crippen LogP contribution in [-0.2, 0) is 6.42 Å². The van der Waals surface area contributed by atoms with Crippen LogP contribution in [0.3, 0.4) is 0 Å². The normalized spacial score (nSPS) is 14.2. The number of unbranched alkanes of at least 4 members (excludes halogenated alkanes) is 1. The van der Waals surface area contributed by atoms with Crippen molar-refractivity contribution in [2.75, 3.05) is 11.9 Å². The number of benzene rings is 1. The number of nitrogens with one attached hydrogen (secondary N) is 3. The molecular formula is C24H28N4O5. The second-order valence-electron chi connectivity index (χ2n) is 8.85. The highest BCUT2D eigenvalue weighted by atomic mass is 16.4. The number of rotatable bonds is 5. The van der Waals surface area contributed by atoms with Gasteiger partial charge in [-0.15, -0.1) is 0 Å². The van der Waals surface area contributed by atoms with Gasteiger partial charge in [0.1, 0.15) is 5.69 Å². The number of carbonyl (C=O) groups excluding carboxylic acids is 1. The minimum Gasteiger partial charge on any atom is -0.477 e. The van der Waals surface area contributed by atoms with Crippen LogP contribution in [-0.4, -0.2) is 38.4 Å². The van der Waals surface area contributed by atoms with Crippen molar-refractivity contribution in [3.63, 3.8) is 0 Å². The molecule has 0 spiro atoms. The molecule has 1 aliphatic carbocycles. The molecule has 0 fully saturated rings. The fraction of sp³-hybridized carbons (Fsp3) is 0.375. The quantitative estimate of drug-likeness (QED) is 0.434. The van der Waals surface area contributed by atoms with Crippen LogP contribution in [0.5, 0.6) is 0 Å². The first-order valence-electron chi connectivity index (χ1n) is 10.9. The molecule has 3 aromatic rings. The number of ketones is 1. The maximum atomic E-state index is 12.7. The molecule has 0 saturated carbocycles. The highest BCUT2D eigenvalue weighted by molar-refractivity contribution is 6.10. The van der Waals surface area contributed by atoms with Crippen molar-refractivity contribution < 1.29 is 14.7 Å². The number of nitrogens with zero attached hydrogens (tertiary/aromatic N) is 1. The zero-order valence-corrected chi connectivity index (χ0v) is 18.9. The van der Waals surface area contributed by atoms with E-state index in [1.807, 2.05) is 28.2 Å². The van der Waals surface area contributed by atoms with Crippen molar-refractivity contribution in [3.05, 3.63) is 68.1 Å². The molecule has 0 bridgehead atoms. The molecule has 4 N–H and O–H groups in total. The Balaban J connectivity index is 0.000000235. The summed E-state index contributed by atoms with van der Waals surface area (Å²) in [5.41, 5.74) is 1.79. The van der Waals surface area contributed by atoms with E-state index in [9.17, 15) is 19.2 Å². The Labute approximate surface area is 190 Å². The number of carboxylic acids is 1. The Morgan fingerprint density at radius 1 is 1.15 bits per heavy atom. The van der Waals surface area contributed by atoms with Crippen molar-refractivity contribution in [3.8, 4) is 0 Å². The summed E-state index contributed by atoms with van der Waals surface area (Å²) in [6, 6.07) is 8.91. The van der Waals surface area contributed by atoms with Crippen LogP contribution in [0.1, 0.15) is 66.6 Å². The van der Waals surface area contributed by atoms with Gasteiger partial charge in [0.05, 0.1) is 22.5 Å². The molecule has 0 aliphatic heterocycles. The first kappa shape index (κ1) is 23.9. The summed E-state index contributed by atoms with van der Waals surface area (Å²) in [5, 5.41) is 12.9. The Bertz CT molecular complexity index is 1280. The number of aromatic amines is 2. The fourth-order valence-corrected chi connectivity index (χ4v) is 3.89. The van der Waals surface area contributed by atoms with Crippen LogP contribution >= 0.6 is 0 Å². The summed E-state index contributed by atoms with van der Waals surface area (Å²) in [5.74, 6) is -1.11. The summed E-state index contributed by atoms with van der Waals surface area (Å²) in [6.45, 7) is 7.37. The number of hydrogen-bond acceptors (Lipinski definition) is 6. The lowest BCUT2D eigenvalue weighted by molar-refractivity contribution is 0.0689. The van der Waals surface area contributed by atoms with Gasteiger partial charge >= 0.3 is 11.7 Å². The molecule has 4 rings (SSSR count). The maximum Gasteiger partial charge on any atom is 0.352 e. The van der Waals surface area contributed by atoms with Gasteiger partial charge in [-0.25, -0.2) is 9.59 Å². The van der Waals surface area contributed by atoms with Gasteiger partial charge in [0.15, 0.2) is 5.78 Å². The molecule has 0 unspecified atom stereocenters. The predicted molar refractivity (Wildman–Crippen MR) is 126 cm³/mol. The van der Waals surface area contributed by atoms with Gasteiger partial charge in [-0.2, -0.15) is 0 Å². The van der Waals surface area contributed by atoms with E-state index in [1.165, 1.54) is 0 Å². The highest BCUT2D eigenvalue weighted by Gasteiger charge is 2.34. The molecule has 1 aliphatic rings. The molecular weight excluding hydrogens is 424 g/mol. The van der Waals surface area contributed by atoms with E-state index in [0.717, 1.165) is 59.7 Å². The Morgan fingerprint density at radius 3 is 2.55 bits per heavy atom. The number of hydrogen-bond donors (Lipinski definition) is 4. The molecule has 9 heteroatoms. The zero-order valence-electron chi connectivity index (χ0n) is 18.9. The van der Waals surface area contributed by atoms with Crippen molar-refractivity contribution in [2.45, 2.75) is 46.5 Å².